The summed E-state index contributed by atoms with van der Waals surface area (Å²) in [5.74, 6) is -0.480. The van der Waals surface area contributed by atoms with Crippen LogP contribution < -0.4 is 10.1 Å². The van der Waals surface area contributed by atoms with Gasteiger partial charge >= 0.3 is 5.97 Å². The summed E-state index contributed by atoms with van der Waals surface area (Å²) in [7, 11) is 2.77. The minimum Gasteiger partial charge on any atom is -0.496 e. The van der Waals surface area contributed by atoms with E-state index in [1.165, 1.54) is 14.2 Å². The molecule has 0 saturated carbocycles. The molecule has 0 spiro atoms. The van der Waals surface area contributed by atoms with Crippen LogP contribution in [0.3, 0.4) is 0 Å². The summed E-state index contributed by atoms with van der Waals surface area (Å²) < 4.78 is 10.9. The highest BCUT2D eigenvalue weighted by molar-refractivity contribution is 9.10. The van der Waals surface area contributed by atoms with Crippen LogP contribution in [0, 0.1) is 0 Å². The van der Waals surface area contributed by atoms with E-state index in [1.54, 1.807) is 47.4 Å². The standard InChI is InChI=1S/C22H23BrN2O5/c1-29-19-10-5-14(12-17(19)22(28)30-2)13-24-20(26)18-4-3-11-25(18)21(27)15-6-8-16(23)9-7-15/h5-10,12,18H,3-4,11,13H2,1-2H3,(H,24,26). The van der Waals surface area contributed by atoms with Crippen LogP contribution in [0.2, 0.25) is 0 Å². The lowest BCUT2D eigenvalue weighted by Crippen LogP contribution is -2.45. The van der Waals surface area contributed by atoms with Crippen LogP contribution in [0.15, 0.2) is 46.9 Å². The Bertz CT molecular complexity index is 945. The molecule has 30 heavy (non-hydrogen) atoms. The normalized spacial score (nSPS) is 15.6. The van der Waals surface area contributed by atoms with E-state index in [4.69, 9.17) is 9.47 Å². The largest absolute Gasteiger partial charge is 0.496 e. The van der Waals surface area contributed by atoms with Gasteiger partial charge in [-0.05, 0) is 54.8 Å². The predicted molar refractivity (Wildman–Crippen MR) is 114 cm³/mol. The Morgan fingerprint density at radius 3 is 2.53 bits per heavy atom. The molecule has 2 aromatic rings. The van der Waals surface area contributed by atoms with Crippen LogP contribution in [0.25, 0.3) is 0 Å². The Morgan fingerprint density at radius 1 is 1.13 bits per heavy atom. The van der Waals surface area contributed by atoms with Gasteiger partial charge in [-0.2, -0.15) is 0 Å². The fourth-order valence-corrected chi connectivity index (χ4v) is 3.75. The van der Waals surface area contributed by atoms with Crippen LogP contribution >= 0.6 is 15.9 Å². The van der Waals surface area contributed by atoms with Gasteiger partial charge in [-0.3, -0.25) is 9.59 Å². The zero-order valence-electron chi connectivity index (χ0n) is 16.8. The lowest BCUT2D eigenvalue weighted by Gasteiger charge is -2.24. The van der Waals surface area contributed by atoms with Crippen molar-refractivity contribution in [3.05, 3.63) is 63.6 Å². The van der Waals surface area contributed by atoms with Gasteiger partial charge in [-0.15, -0.1) is 0 Å². The first-order valence-electron chi connectivity index (χ1n) is 9.54. The van der Waals surface area contributed by atoms with E-state index >= 15 is 0 Å². The van der Waals surface area contributed by atoms with Gasteiger partial charge in [0.2, 0.25) is 5.91 Å². The van der Waals surface area contributed by atoms with Crippen molar-refractivity contribution in [2.45, 2.75) is 25.4 Å². The molecule has 2 amide bonds. The van der Waals surface area contributed by atoms with Crippen molar-refractivity contribution >= 4 is 33.7 Å². The maximum absolute atomic E-state index is 12.8. The van der Waals surface area contributed by atoms with E-state index in [0.29, 0.717) is 29.8 Å². The molecule has 1 atom stereocenters. The summed E-state index contributed by atoms with van der Waals surface area (Å²) in [6.45, 7) is 0.769. The molecule has 1 N–H and O–H groups in total. The maximum atomic E-state index is 12.8. The number of esters is 1. The van der Waals surface area contributed by atoms with Gasteiger partial charge in [-0.1, -0.05) is 22.0 Å². The number of likely N-dealkylation sites (tertiary alicyclic amines) is 1. The zero-order valence-corrected chi connectivity index (χ0v) is 18.4. The van der Waals surface area contributed by atoms with Crippen LogP contribution in [-0.4, -0.2) is 49.5 Å². The number of carbonyl (C=O) groups excluding carboxylic acids is 3. The van der Waals surface area contributed by atoms with Crippen molar-refractivity contribution < 1.29 is 23.9 Å². The number of methoxy groups -OCH3 is 2. The molecule has 1 fully saturated rings. The number of amides is 2. The molecule has 1 heterocycles. The van der Waals surface area contributed by atoms with Crippen molar-refractivity contribution in [3.63, 3.8) is 0 Å². The molecular formula is C22H23BrN2O5. The smallest absolute Gasteiger partial charge is 0.341 e. The Labute approximate surface area is 183 Å². The number of nitrogens with zero attached hydrogens (tertiary/aromatic N) is 1. The van der Waals surface area contributed by atoms with Gasteiger partial charge in [0.1, 0.15) is 17.4 Å². The van der Waals surface area contributed by atoms with E-state index in [1.807, 2.05) is 0 Å². The number of ether oxygens (including phenoxy) is 2. The number of carbonyl (C=O) groups is 3. The fraction of sp³-hybridized carbons (Fsp3) is 0.318. The second-order valence-corrected chi connectivity index (χ2v) is 7.82. The molecule has 0 radical (unpaired) electrons. The summed E-state index contributed by atoms with van der Waals surface area (Å²) in [6, 6.07) is 11.6. The summed E-state index contributed by atoms with van der Waals surface area (Å²) in [4.78, 5) is 39.2. The molecule has 0 bridgehead atoms. The van der Waals surface area contributed by atoms with Gasteiger partial charge in [0.25, 0.3) is 5.91 Å². The molecule has 0 aromatic heterocycles. The summed E-state index contributed by atoms with van der Waals surface area (Å²) in [5, 5.41) is 2.87. The lowest BCUT2D eigenvalue weighted by molar-refractivity contribution is -0.125. The van der Waals surface area contributed by atoms with Crippen LogP contribution in [0.4, 0.5) is 0 Å². The van der Waals surface area contributed by atoms with E-state index in [-0.39, 0.29) is 18.4 Å². The highest BCUT2D eigenvalue weighted by atomic mass is 79.9. The van der Waals surface area contributed by atoms with Gasteiger partial charge in [-0.25, -0.2) is 4.79 Å². The number of halogens is 1. The summed E-state index contributed by atoms with van der Waals surface area (Å²) in [6.07, 6.45) is 1.39. The highest BCUT2D eigenvalue weighted by Crippen LogP contribution is 2.23. The van der Waals surface area contributed by atoms with Crippen molar-refractivity contribution in [1.82, 2.24) is 10.2 Å². The number of hydrogen-bond donors (Lipinski definition) is 1. The topological polar surface area (TPSA) is 84.9 Å². The molecule has 7 nitrogen and oxygen atoms in total. The Kier molecular flexibility index (Phi) is 7.10. The number of nitrogens with one attached hydrogen (secondary N) is 1. The lowest BCUT2D eigenvalue weighted by atomic mass is 10.1. The second-order valence-electron chi connectivity index (χ2n) is 6.91. The number of rotatable bonds is 6. The molecule has 0 aliphatic carbocycles. The molecule has 1 aliphatic rings. The second kappa shape index (κ2) is 9.75. The van der Waals surface area contributed by atoms with Crippen molar-refractivity contribution in [2.24, 2.45) is 0 Å². The van der Waals surface area contributed by atoms with Gasteiger partial charge in [0, 0.05) is 23.1 Å². The Balaban J connectivity index is 1.67. The fourth-order valence-electron chi connectivity index (χ4n) is 3.48. The Hall–Kier alpha value is -2.87. The minimum atomic E-state index is -0.514. The van der Waals surface area contributed by atoms with E-state index in [0.717, 1.165) is 16.5 Å². The van der Waals surface area contributed by atoms with E-state index in [9.17, 15) is 14.4 Å². The van der Waals surface area contributed by atoms with Gasteiger partial charge in [0.15, 0.2) is 0 Å². The third-order valence-corrected chi connectivity index (χ3v) is 5.57. The van der Waals surface area contributed by atoms with Crippen molar-refractivity contribution in [3.8, 4) is 5.75 Å². The first-order chi connectivity index (χ1) is 14.4. The molecule has 3 rings (SSSR count). The molecule has 1 unspecified atom stereocenters. The quantitative estimate of drug-likeness (QED) is 0.649. The maximum Gasteiger partial charge on any atom is 0.341 e. The van der Waals surface area contributed by atoms with Crippen molar-refractivity contribution in [2.75, 3.05) is 20.8 Å². The third-order valence-electron chi connectivity index (χ3n) is 5.04. The van der Waals surface area contributed by atoms with Gasteiger partial charge in [0.05, 0.1) is 14.2 Å². The van der Waals surface area contributed by atoms with Crippen molar-refractivity contribution in [1.29, 1.82) is 0 Å². The molecular weight excluding hydrogens is 452 g/mol. The summed E-state index contributed by atoms with van der Waals surface area (Å²) >= 11 is 3.36. The molecule has 1 aliphatic heterocycles. The SMILES string of the molecule is COC(=O)c1cc(CNC(=O)C2CCCN2C(=O)c2ccc(Br)cc2)ccc1OC. The Morgan fingerprint density at radius 2 is 1.87 bits per heavy atom. The van der Waals surface area contributed by atoms with Crippen LogP contribution in [0.5, 0.6) is 5.75 Å². The molecule has 1 saturated heterocycles. The van der Waals surface area contributed by atoms with Gasteiger partial charge < -0.3 is 19.7 Å². The van der Waals surface area contributed by atoms with Crippen LogP contribution in [-0.2, 0) is 16.1 Å². The average molecular weight is 475 g/mol. The summed E-state index contributed by atoms with van der Waals surface area (Å²) in [5.41, 5.74) is 1.57. The molecule has 8 heteroatoms. The minimum absolute atomic E-state index is 0.155. The monoisotopic (exact) mass is 474 g/mol. The molecule has 2 aromatic carbocycles. The van der Waals surface area contributed by atoms with E-state index < -0.39 is 12.0 Å². The predicted octanol–water partition coefficient (Wildman–Crippen LogP) is 3.17. The third kappa shape index (κ3) is 4.81. The molecule has 158 valence electrons. The first kappa shape index (κ1) is 21.8. The first-order valence-corrected chi connectivity index (χ1v) is 10.3. The number of hydrogen-bond acceptors (Lipinski definition) is 5. The number of benzene rings is 2. The zero-order chi connectivity index (χ0) is 21.7. The highest BCUT2D eigenvalue weighted by Gasteiger charge is 2.34. The van der Waals surface area contributed by atoms with E-state index in [2.05, 4.69) is 21.2 Å². The average Bonchev–Trinajstić information content (AvgIpc) is 3.26. The van der Waals surface area contributed by atoms with Crippen LogP contribution in [0.1, 0.15) is 39.1 Å².